The van der Waals surface area contributed by atoms with Crippen LogP contribution in [0.25, 0.3) is 6.08 Å². The Morgan fingerprint density at radius 2 is 2.11 bits per heavy atom. The van der Waals surface area contributed by atoms with Gasteiger partial charge in [0.15, 0.2) is 0 Å². The minimum Gasteiger partial charge on any atom is -0.437 e. The zero-order chi connectivity index (χ0) is 14.2. The number of H-pyrrole nitrogens is 1. The molecule has 19 heavy (non-hydrogen) atoms. The molecule has 0 saturated carbocycles. The number of nitrogens with zero attached hydrogens (tertiary/aromatic N) is 2. The average Bonchev–Trinajstić information content (AvgIpc) is 2.79. The maximum atomic E-state index is 12.0. The molecule has 0 aromatic carbocycles. The molecule has 0 atom stereocenters. The highest BCUT2D eigenvalue weighted by molar-refractivity contribution is 5.51. The van der Waals surface area contributed by atoms with Gasteiger partial charge in [0.05, 0.1) is 5.56 Å². The minimum atomic E-state index is -0.0536. The van der Waals surface area contributed by atoms with E-state index in [1.807, 2.05) is 38.9 Å². The van der Waals surface area contributed by atoms with Crippen molar-refractivity contribution in [3.63, 3.8) is 0 Å². The number of allylic oxidation sites excluding steroid dienone is 1. The Balaban J connectivity index is 2.45. The van der Waals surface area contributed by atoms with E-state index in [0.717, 1.165) is 11.5 Å². The molecule has 1 aromatic rings. The van der Waals surface area contributed by atoms with Gasteiger partial charge in [-0.15, -0.1) is 0 Å². The van der Waals surface area contributed by atoms with Crippen LogP contribution in [0.2, 0.25) is 0 Å². The molecule has 0 spiro atoms. The maximum Gasteiger partial charge on any atom is 0.274 e. The van der Waals surface area contributed by atoms with Gasteiger partial charge in [-0.25, -0.2) is 0 Å². The molecule has 0 bridgehead atoms. The number of aryl methyl sites for hydroxylation is 1. The molecule has 1 aliphatic heterocycles. The monoisotopic (exact) mass is 261 g/mol. The van der Waals surface area contributed by atoms with E-state index >= 15 is 0 Å². The van der Waals surface area contributed by atoms with Gasteiger partial charge in [0.2, 0.25) is 5.88 Å². The number of aromatic nitrogens is 2. The van der Waals surface area contributed by atoms with Gasteiger partial charge >= 0.3 is 0 Å². The van der Waals surface area contributed by atoms with Crippen molar-refractivity contribution >= 4 is 6.08 Å². The molecule has 1 aromatic heterocycles. The molecule has 0 saturated heterocycles. The molecule has 2 rings (SSSR count). The van der Waals surface area contributed by atoms with E-state index in [2.05, 4.69) is 10.8 Å². The summed E-state index contributed by atoms with van der Waals surface area (Å²) >= 11 is 0. The molecular weight excluding hydrogens is 242 g/mol. The summed E-state index contributed by atoms with van der Waals surface area (Å²) in [5, 5.41) is 3.06. The normalized spacial score (nSPS) is 14.5. The van der Waals surface area contributed by atoms with E-state index in [-0.39, 0.29) is 11.5 Å². The van der Waals surface area contributed by atoms with Crippen molar-refractivity contribution in [1.82, 2.24) is 14.7 Å². The van der Waals surface area contributed by atoms with Crippen LogP contribution in [0.4, 0.5) is 0 Å². The number of aromatic amines is 1. The lowest BCUT2D eigenvalue weighted by molar-refractivity contribution is 0.270. The summed E-state index contributed by atoms with van der Waals surface area (Å²) in [7, 11) is 3.59. The third kappa shape index (κ3) is 2.51. The average molecular weight is 261 g/mol. The van der Waals surface area contributed by atoms with Crippen LogP contribution in [-0.2, 0) is 11.8 Å². The third-order valence-electron chi connectivity index (χ3n) is 2.98. The van der Waals surface area contributed by atoms with Crippen LogP contribution in [0, 0.1) is 0 Å². The van der Waals surface area contributed by atoms with E-state index in [9.17, 15) is 4.79 Å². The lowest BCUT2D eigenvalue weighted by Gasteiger charge is -2.05. The smallest absolute Gasteiger partial charge is 0.274 e. The third-order valence-corrected chi connectivity index (χ3v) is 2.98. The van der Waals surface area contributed by atoms with Crippen molar-refractivity contribution in [1.29, 1.82) is 0 Å². The molecule has 2 heterocycles. The molecule has 0 unspecified atom stereocenters. The van der Waals surface area contributed by atoms with Crippen LogP contribution in [0.15, 0.2) is 28.4 Å². The first-order valence-corrected chi connectivity index (χ1v) is 6.25. The second-order valence-corrected chi connectivity index (χ2v) is 5.00. The van der Waals surface area contributed by atoms with Gasteiger partial charge in [0.1, 0.15) is 5.76 Å². The fourth-order valence-electron chi connectivity index (χ4n) is 2.01. The van der Waals surface area contributed by atoms with Crippen LogP contribution in [0.3, 0.4) is 0 Å². The van der Waals surface area contributed by atoms with E-state index in [1.165, 1.54) is 4.68 Å². The topological polar surface area (TPSA) is 50.3 Å². The van der Waals surface area contributed by atoms with Gasteiger partial charge < -0.3 is 9.64 Å². The molecule has 1 aliphatic rings. The number of ether oxygens (including phenoxy) is 1. The van der Waals surface area contributed by atoms with Crippen LogP contribution in [-0.4, -0.2) is 21.7 Å². The van der Waals surface area contributed by atoms with Crippen LogP contribution >= 0.6 is 0 Å². The Hall–Kier alpha value is -2.13. The highest BCUT2D eigenvalue weighted by Gasteiger charge is 2.15. The first kappa shape index (κ1) is 13.3. The van der Waals surface area contributed by atoms with Gasteiger partial charge in [-0.05, 0) is 12.8 Å². The lowest BCUT2D eigenvalue weighted by atomic mass is 10.1. The van der Waals surface area contributed by atoms with E-state index in [0.29, 0.717) is 11.4 Å². The fraction of sp³-hybridized carbons (Fsp3) is 0.429. The fourth-order valence-corrected chi connectivity index (χ4v) is 2.01. The van der Waals surface area contributed by atoms with Crippen molar-refractivity contribution < 1.29 is 4.74 Å². The molecule has 0 amide bonds. The first-order valence-electron chi connectivity index (χ1n) is 6.25. The van der Waals surface area contributed by atoms with Crippen molar-refractivity contribution in [3.8, 4) is 0 Å². The maximum absolute atomic E-state index is 12.0. The van der Waals surface area contributed by atoms with Gasteiger partial charge in [-0.3, -0.25) is 14.6 Å². The predicted octanol–water partition coefficient (Wildman–Crippen LogP) is 2.11. The van der Waals surface area contributed by atoms with E-state index in [4.69, 9.17) is 4.74 Å². The van der Waals surface area contributed by atoms with Crippen molar-refractivity contribution in [2.45, 2.75) is 26.7 Å². The standard InChI is InChI=1S/C14H19N3O2/c1-9(2)13-11(14(18)17(5)15-13)6-7-12-16(4)8-10(3)19-12/h6,8-9,15H,1-5H3. The van der Waals surface area contributed by atoms with Crippen molar-refractivity contribution in [3.05, 3.63) is 45.2 Å². The van der Waals surface area contributed by atoms with Crippen LogP contribution in [0.1, 0.15) is 37.9 Å². The molecule has 0 radical (unpaired) electrons. The number of hydrogen-bond donors (Lipinski definition) is 1. The summed E-state index contributed by atoms with van der Waals surface area (Å²) in [5.41, 5.74) is 4.52. The quantitative estimate of drug-likeness (QED) is 0.830. The largest absolute Gasteiger partial charge is 0.437 e. The number of nitrogens with one attached hydrogen (secondary N) is 1. The Kier molecular flexibility index (Phi) is 3.40. The van der Waals surface area contributed by atoms with Gasteiger partial charge in [-0.1, -0.05) is 19.6 Å². The zero-order valence-corrected chi connectivity index (χ0v) is 11.9. The summed E-state index contributed by atoms with van der Waals surface area (Å²) in [6, 6.07) is 0. The predicted molar refractivity (Wildman–Crippen MR) is 74.2 cm³/mol. The van der Waals surface area contributed by atoms with E-state index in [1.54, 1.807) is 13.1 Å². The summed E-state index contributed by atoms with van der Waals surface area (Å²) in [5.74, 6) is 1.65. The zero-order valence-electron chi connectivity index (χ0n) is 11.9. The molecule has 1 N–H and O–H groups in total. The highest BCUT2D eigenvalue weighted by atomic mass is 16.5. The number of hydrogen-bond acceptors (Lipinski definition) is 3. The van der Waals surface area contributed by atoms with E-state index < -0.39 is 0 Å². The Morgan fingerprint density at radius 1 is 1.42 bits per heavy atom. The molecule has 0 aliphatic carbocycles. The highest BCUT2D eigenvalue weighted by Crippen LogP contribution is 2.19. The first-order chi connectivity index (χ1) is 8.90. The summed E-state index contributed by atoms with van der Waals surface area (Å²) < 4.78 is 6.97. The molecule has 0 fully saturated rings. The molecule has 5 nitrogen and oxygen atoms in total. The second kappa shape index (κ2) is 4.86. The van der Waals surface area contributed by atoms with Gasteiger partial charge in [0, 0.05) is 32.1 Å². The summed E-state index contributed by atoms with van der Waals surface area (Å²) in [4.78, 5) is 13.9. The second-order valence-electron chi connectivity index (χ2n) is 5.00. The van der Waals surface area contributed by atoms with Gasteiger partial charge in [0.25, 0.3) is 5.56 Å². The molecule has 5 heteroatoms. The van der Waals surface area contributed by atoms with Crippen LogP contribution in [0.5, 0.6) is 0 Å². The Morgan fingerprint density at radius 3 is 2.63 bits per heavy atom. The SMILES string of the molecule is CC1=CN(C)C(=C=Cc2c(C(C)C)[nH]n(C)c2=O)O1. The van der Waals surface area contributed by atoms with Crippen LogP contribution < -0.4 is 5.56 Å². The molecule has 102 valence electrons. The Labute approximate surface area is 112 Å². The van der Waals surface area contributed by atoms with Gasteiger partial charge in [-0.2, -0.15) is 0 Å². The summed E-state index contributed by atoms with van der Waals surface area (Å²) in [6.45, 7) is 5.96. The lowest BCUT2D eigenvalue weighted by Crippen LogP contribution is -2.13. The minimum absolute atomic E-state index is 0.0536. The Bertz CT molecular complexity index is 640. The van der Waals surface area contributed by atoms with Crippen molar-refractivity contribution in [2.75, 3.05) is 7.05 Å². The summed E-state index contributed by atoms with van der Waals surface area (Å²) in [6.07, 6.45) is 3.56. The van der Waals surface area contributed by atoms with Crippen molar-refractivity contribution in [2.24, 2.45) is 7.05 Å². The molecular formula is C14H19N3O2. The number of rotatable bonds is 2.